The number of carbonyl (C=O) groups excluding carboxylic acids is 1. The molecule has 1 amide bonds. The molecule has 0 radical (unpaired) electrons. The minimum absolute atomic E-state index is 0.0711. The van der Waals surface area contributed by atoms with Crippen LogP contribution in [0.5, 0.6) is 0 Å². The van der Waals surface area contributed by atoms with Gasteiger partial charge in [-0.3, -0.25) is 9.69 Å². The molecule has 0 bridgehead atoms. The second-order valence-electron chi connectivity index (χ2n) is 7.21. The van der Waals surface area contributed by atoms with Crippen molar-refractivity contribution in [2.75, 3.05) is 18.8 Å². The molecule has 3 aromatic rings. The van der Waals surface area contributed by atoms with Crippen molar-refractivity contribution in [3.63, 3.8) is 0 Å². The maximum atomic E-state index is 12.9. The van der Waals surface area contributed by atoms with Gasteiger partial charge in [-0.25, -0.2) is 0 Å². The number of aromatic nitrogens is 1. The number of carbonyl (C=O) groups is 1. The van der Waals surface area contributed by atoms with Crippen LogP contribution in [-0.2, 0) is 6.54 Å². The number of nitrogen functional groups attached to an aromatic ring is 1. The van der Waals surface area contributed by atoms with E-state index in [0.29, 0.717) is 11.3 Å². The number of amides is 1. The van der Waals surface area contributed by atoms with Gasteiger partial charge in [0.05, 0.1) is 4.88 Å². The number of benzene rings is 1. The van der Waals surface area contributed by atoms with Crippen LogP contribution in [0.25, 0.3) is 10.6 Å². The van der Waals surface area contributed by atoms with Crippen molar-refractivity contribution in [2.45, 2.75) is 32.4 Å². The molecule has 1 saturated heterocycles. The quantitative estimate of drug-likeness (QED) is 0.687. The van der Waals surface area contributed by atoms with Crippen LogP contribution in [-0.4, -0.2) is 35.1 Å². The van der Waals surface area contributed by atoms with Crippen molar-refractivity contribution >= 4 is 23.1 Å². The second-order valence-corrected chi connectivity index (χ2v) is 8.13. The minimum atomic E-state index is -0.206. The Morgan fingerprint density at radius 2 is 2.04 bits per heavy atom. The van der Waals surface area contributed by atoms with Crippen molar-refractivity contribution in [3.8, 4) is 10.6 Å². The normalized spacial score (nSPS) is 15.6. The number of hydrogen-bond donors (Lipinski definition) is 2. The van der Waals surface area contributed by atoms with Gasteiger partial charge in [-0.1, -0.05) is 35.5 Å². The van der Waals surface area contributed by atoms with Crippen LogP contribution < -0.4 is 11.1 Å². The number of hydrogen-bond acceptors (Lipinski definition) is 6. The fraction of sp³-hybridized carbons (Fsp3) is 0.333. The number of rotatable bonds is 5. The molecule has 1 aromatic carbocycles. The molecule has 0 aliphatic carbocycles. The van der Waals surface area contributed by atoms with Gasteiger partial charge in [0.25, 0.3) is 5.91 Å². The van der Waals surface area contributed by atoms with Gasteiger partial charge in [-0.2, -0.15) is 0 Å². The van der Waals surface area contributed by atoms with E-state index >= 15 is 0 Å². The van der Waals surface area contributed by atoms with E-state index in [-0.39, 0.29) is 17.8 Å². The molecule has 0 saturated carbocycles. The zero-order valence-electron chi connectivity index (χ0n) is 15.9. The Balaban J connectivity index is 1.38. The molecule has 0 atom stereocenters. The van der Waals surface area contributed by atoms with E-state index in [1.807, 2.05) is 24.4 Å². The lowest BCUT2D eigenvalue weighted by atomic mass is 10.0. The topological polar surface area (TPSA) is 84.4 Å². The van der Waals surface area contributed by atoms with E-state index in [0.717, 1.165) is 42.9 Å². The number of nitrogens with two attached hydrogens (primary N) is 1. The zero-order valence-corrected chi connectivity index (χ0v) is 16.7. The van der Waals surface area contributed by atoms with E-state index in [4.69, 9.17) is 10.3 Å². The summed E-state index contributed by atoms with van der Waals surface area (Å²) in [5.41, 5.74) is 9.17. The predicted octanol–water partition coefficient (Wildman–Crippen LogP) is 3.69. The number of likely N-dealkylation sites (tertiary alicyclic amines) is 1. The van der Waals surface area contributed by atoms with E-state index < -0.39 is 0 Å². The molecule has 146 valence electrons. The summed E-state index contributed by atoms with van der Waals surface area (Å²) in [7, 11) is 0. The third-order valence-corrected chi connectivity index (χ3v) is 6.22. The molecule has 1 aliphatic rings. The largest absolute Gasteiger partial charge is 0.367 e. The number of nitrogens with one attached hydrogen (secondary N) is 1. The molecule has 28 heavy (non-hydrogen) atoms. The molecule has 0 unspecified atom stereocenters. The van der Waals surface area contributed by atoms with E-state index in [1.54, 1.807) is 0 Å². The summed E-state index contributed by atoms with van der Waals surface area (Å²) in [6.45, 7) is 4.84. The molecular formula is C21H24N4O2S. The Kier molecular flexibility index (Phi) is 5.45. The molecule has 4 rings (SSSR count). The highest BCUT2D eigenvalue weighted by molar-refractivity contribution is 7.13. The van der Waals surface area contributed by atoms with E-state index in [1.165, 1.54) is 16.9 Å². The van der Waals surface area contributed by atoms with Gasteiger partial charge < -0.3 is 15.6 Å². The molecule has 1 fully saturated rings. The molecule has 1 aliphatic heterocycles. The van der Waals surface area contributed by atoms with Crippen molar-refractivity contribution in [2.24, 2.45) is 0 Å². The van der Waals surface area contributed by atoms with Crippen LogP contribution in [0.3, 0.4) is 0 Å². The standard InChI is InChI=1S/C21H24N4O2S/c1-14-9-12-28-19(14)18-17(20(22)27-24-18)21(26)23-16-7-10-25(11-8-16)13-15-5-3-2-4-6-15/h2-6,9,12,16H,7-8,10-11,13,22H2,1H3,(H,23,26). The highest BCUT2D eigenvalue weighted by Gasteiger charge is 2.27. The van der Waals surface area contributed by atoms with Gasteiger partial charge in [-0.05, 0) is 42.3 Å². The first kappa shape index (κ1) is 18.7. The average Bonchev–Trinajstić information content (AvgIpc) is 3.29. The van der Waals surface area contributed by atoms with Gasteiger partial charge in [0.15, 0.2) is 0 Å². The van der Waals surface area contributed by atoms with Crippen LogP contribution in [0.1, 0.15) is 34.3 Å². The molecule has 6 nitrogen and oxygen atoms in total. The average molecular weight is 397 g/mol. The summed E-state index contributed by atoms with van der Waals surface area (Å²) >= 11 is 1.53. The van der Waals surface area contributed by atoms with Crippen molar-refractivity contribution < 1.29 is 9.32 Å². The number of nitrogens with zero attached hydrogens (tertiary/aromatic N) is 2. The lowest BCUT2D eigenvalue weighted by Gasteiger charge is -2.32. The predicted molar refractivity (Wildman–Crippen MR) is 111 cm³/mol. The lowest BCUT2D eigenvalue weighted by Crippen LogP contribution is -2.44. The maximum absolute atomic E-state index is 12.9. The van der Waals surface area contributed by atoms with Crippen LogP contribution in [0.15, 0.2) is 46.3 Å². The highest BCUT2D eigenvalue weighted by Crippen LogP contribution is 2.33. The molecule has 3 N–H and O–H groups in total. The molecular weight excluding hydrogens is 372 g/mol. The van der Waals surface area contributed by atoms with Gasteiger partial charge in [0, 0.05) is 25.7 Å². The number of piperidine rings is 1. The highest BCUT2D eigenvalue weighted by atomic mass is 32.1. The fourth-order valence-electron chi connectivity index (χ4n) is 3.63. The summed E-state index contributed by atoms with van der Waals surface area (Å²) in [4.78, 5) is 16.2. The third-order valence-electron chi connectivity index (χ3n) is 5.19. The maximum Gasteiger partial charge on any atom is 0.259 e. The summed E-state index contributed by atoms with van der Waals surface area (Å²) in [5.74, 6) is -0.134. The summed E-state index contributed by atoms with van der Waals surface area (Å²) in [6.07, 6.45) is 1.83. The van der Waals surface area contributed by atoms with Crippen molar-refractivity contribution in [1.82, 2.24) is 15.4 Å². The summed E-state index contributed by atoms with van der Waals surface area (Å²) in [5, 5.41) is 9.13. The Morgan fingerprint density at radius 1 is 1.29 bits per heavy atom. The van der Waals surface area contributed by atoms with Gasteiger partial charge in [0.1, 0.15) is 11.3 Å². The lowest BCUT2D eigenvalue weighted by molar-refractivity contribution is 0.0910. The van der Waals surface area contributed by atoms with Gasteiger partial charge in [-0.15, -0.1) is 11.3 Å². The number of anilines is 1. The smallest absolute Gasteiger partial charge is 0.259 e. The van der Waals surface area contributed by atoms with Crippen LogP contribution in [0, 0.1) is 6.92 Å². The molecule has 7 heteroatoms. The van der Waals surface area contributed by atoms with Gasteiger partial charge in [0.2, 0.25) is 5.88 Å². The zero-order chi connectivity index (χ0) is 19.5. The summed E-state index contributed by atoms with van der Waals surface area (Å²) in [6, 6.07) is 12.6. The number of thiophene rings is 1. The molecule has 2 aromatic heterocycles. The monoisotopic (exact) mass is 396 g/mol. The Bertz CT molecular complexity index is 942. The Morgan fingerprint density at radius 3 is 2.71 bits per heavy atom. The minimum Gasteiger partial charge on any atom is -0.367 e. The SMILES string of the molecule is Cc1ccsc1-c1noc(N)c1C(=O)NC1CCN(Cc2ccccc2)CC1. The van der Waals surface area contributed by atoms with E-state index in [9.17, 15) is 4.79 Å². The van der Waals surface area contributed by atoms with Crippen LogP contribution >= 0.6 is 11.3 Å². The van der Waals surface area contributed by atoms with Crippen molar-refractivity contribution in [3.05, 3.63) is 58.5 Å². The Hall–Kier alpha value is -2.64. The molecule has 0 spiro atoms. The first-order valence-corrected chi connectivity index (χ1v) is 10.4. The third kappa shape index (κ3) is 3.95. The number of aryl methyl sites for hydroxylation is 1. The first-order chi connectivity index (χ1) is 13.6. The van der Waals surface area contributed by atoms with Crippen molar-refractivity contribution in [1.29, 1.82) is 0 Å². The second kappa shape index (κ2) is 8.16. The van der Waals surface area contributed by atoms with Crippen LogP contribution in [0.4, 0.5) is 5.88 Å². The first-order valence-electron chi connectivity index (χ1n) is 9.48. The summed E-state index contributed by atoms with van der Waals surface area (Å²) < 4.78 is 5.13. The fourth-order valence-corrected chi connectivity index (χ4v) is 4.54. The molecule has 3 heterocycles. The van der Waals surface area contributed by atoms with E-state index in [2.05, 4.69) is 39.6 Å². The van der Waals surface area contributed by atoms with Gasteiger partial charge >= 0.3 is 0 Å². The van der Waals surface area contributed by atoms with Crippen LogP contribution in [0.2, 0.25) is 0 Å². The Labute approximate surface area is 168 Å².